The number of methoxy groups -OCH3 is 1. The van der Waals surface area contributed by atoms with Crippen LogP contribution in [0, 0.1) is 0 Å². The maximum absolute atomic E-state index is 11.3. The van der Waals surface area contributed by atoms with Gasteiger partial charge >= 0.3 is 0 Å². The maximum Gasteiger partial charge on any atom is 0.243 e. The monoisotopic (exact) mass is 440 g/mol. The number of carbonyl (C=O) groups is 1. The third-order valence-corrected chi connectivity index (χ3v) is 5.52. The zero-order valence-corrected chi connectivity index (χ0v) is 17.7. The second kappa shape index (κ2) is 8.60. The Labute approximate surface area is 181 Å². The number of halogens is 1. The summed E-state index contributed by atoms with van der Waals surface area (Å²) in [4.78, 5) is 20.4. The Morgan fingerprint density at radius 3 is 2.87 bits per heavy atom. The molecule has 30 heavy (non-hydrogen) atoms. The van der Waals surface area contributed by atoms with Gasteiger partial charge in [0.1, 0.15) is 10.8 Å². The number of carbonyl (C=O) groups excluding carboxylic acids is 1. The number of hydrogen-bond acceptors (Lipinski definition) is 8. The van der Waals surface area contributed by atoms with Gasteiger partial charge < -0.3 is 15.4 Å². The zero-order valence-electron chi connectivity index (χ0n) is 16.1. The summed E-state index contributed by atoms with van der Waals surface area (Å²) in [5, 5.41) is 15.3. The van der Waals surface area contributed by atoms with Crippen molar-refractivity contribution in [1.82, 2.24) is 20.2 Å². The van der Waals surface area contributed by atoms with Crippen molar-refractivity contribution in [3.05, 3.63) is 52.6 Å². The highest BCUT2D eigenvalue weighted by Crippen LogP contribution is 2.30. The van der Waals surface area contributed by atoms with E-state index in [4.69, 9.17) is 16.3 Å². The molecule has 2 N–H and O–H groups in total. The van der Waals surface area contributed by atoms with E-state index in [9.17, 15) is 4.79 Å². The van der Waals surface area contributed by atoms with Crippen molar-refractivity contribution in [1.29, 1.82) is 0 Å². The van der Waals surface area contributed by atoms with Crippen LogP contribution in [0.2, 0.25) is 5.02 Å². The van der Waals surface area contributed by atoms with Gasteiger partial charge in [0.05, 0.1) is 40.8 Å². The van der Waals surface area contributed by atoms with Crippen LogP contribution in [0.5, 0.6) is 5.75 Å². The number of ether oxygens (including phenoxy) is 1. The van der Waals surface area contributed by atoms with Crippen molar-refractivity contribution in [2.75, 3.05) is 17.7 Å². The van der Waals surface area contributed by atoms with E-state index in [1.165, 1.54) is 13.1 Å². The molecule has 8 nitrogen and oxygen atoms in total. The minimum Gasteiger partial charge on any atom is -0.497 e. The highest BCUT2D eigenvalue weighted by atomic mass is 35.5. The van der Waals surface area contributed by atoms with Crippen LogP contribution in [0.3, 0.4) is 0 Å². The average molecular weight is 441 g/mol. The first-order chi connectivity index (χ1) is 14.5. The summed E-state index contributed by atoms with van der Waals surface area (Å²) in [5.41, 5.74) is 2.69. The molecule has 1 amide bonds. The van der Waals surface area contributed by atoms with Crippen molar-refractivity contribution in [2.45, 2.75) is 13.5 Å². The molecule has 4 aromatic rings. The number of rotatable bonds is 6. The van der Waals surface area contributed by atoms with Gasteiger partial charge in [0, 0.05) is 24.2 Å². The molecule has 10 heteroatoms. The summed E-state index contributed by atoms with van der Waals surface area (Å²) >= 11 is 7.90. The van der Waals surface area contributed by atoms with Crippen LogP contribution in [-0.2, 0) is 11.3 Å². The molecule has 0 radical (unpaired) electrons. The van der Waals surface area contributed by atoms with E-state index in [2.05, 4.69) is 30.8 Å². The van der Waals surface area contributed by atoms with Crippen molar-refractivity contribution in [3.63, 3.8) is 0 Å². The summed E-state index contributed by atoms with van der Waals surface area (Å²) in [6.07, 6.45) is 1.52. The average Bonchev–Trinajstić information content (AvgIpc) is 3.15. The van der Waals surface area contributed by atoms with Crippen LogP contribution < -0.4 is 15.4 Å². The van der Waals surface area contributed by atoms with Gasteiger partial charge in [-0.25, -0.2) is 9.97 Å². The predicted octanol–water partition coefficient (Wildman–Crippen LogP) is 4.38. The molecular formula is C20H17ClN6O2S. The number of anilines is 2. The lowest BCUT2D eigenvalue weighted by Crippen LogP contribution is -2.06. The Balaban J connectivity index is 1.53. The predicted molar refractivity (Wildman–Crippen MR) is 118 cm³/mol. The number of nitrogens with one attached hydrogen (secondary N) is 2. The van der Waals surface area contributed by atoms with Crippen molar-refractivity contribution in [3.8, 4) is 17.0 Å². The van der Waals surface area contributed by atoms with E-state index in [1.807, 2.05) is 18.2 Å². The molecule has 2 aromatic heterocycles. The van der Waals surface area contributed by atoms with Crippen molar-refractivity contribution >= 4 is 50.7 Å². The zero-order chi connectivity index (χ0) is 21.1. The van der Waals surface area contributed by atoms with Crippen LogP contribution >= 0.6 is 22.9 Å². The van der Waals surface area contributed by atoms with Crippen LogP contribution in [0.15, 0.2) is 42.6 Å². The van der Waals surface area contributed by atoms with E-state index >= 15 is 0 Å². The van der Waals surface area contributed by atoms with E-state index in [0.29, 0.717) is 34.5 Å². The summed E-state index contributed by atoms with van der Waals surface area (Å²) in [5.74, 6) is 0.955. The molecule has 0 bridgehead atoms. The topological polar surface area (TPSA) is 102 Å². The molecule has 0 aliphatic rings. The van der Waals surface area contributed by atoms with Crippen molar-refractivity contribution < 1.29 is 9.53 Å². The molecule has 0 saturated carbocycles. The Bertz CT molecular complexity index is 1230. The number of hydrogen-bond donors (Lipinski definition) is 2. The van der Waals surface area contributed by atoms with Crippen LogP contribution in [0.25, 0.3) is 21.5 Å². The molecule has 0 spiro atoms. The Morgan fingerprint density at radius 1 is 1.20 bits per heavy atom. The Hall–Kier alpha value is -3.30. The van der Waals surface area contributed by atoms with Gasteiger partial charge in [-0.2, -0.15) is 5.10 Å². The van der Waals surface area contributed by atoms with E-state index in [-0.39, 0.29) is 5.91 Å². The molecule has 0 atom stereocenters. The highest BCUT2D eigenvalue weighted by molar-refractivity contribution is 7.18. The molecule has 152 valence electrons. The SMILES string of the molecule is COc1ccc2sc(CNc3nncc(-c4cc(NC(C)=O)ccc4Cl)n3)nc2c1. The minimum absolute atomic E-state index is 0.167. The van der Waals surface area contributed by atoms with Gasteiger partial charge in [0.25, 0.3) is 0 Å². The third-order valence-electron chi connectivity index (χ3n) is 4.16. The quantitative estimate of drug-likeness (QED) is 0.458. The first-order valence-electron chi connectivity index (χ1n) is 8.96. The number of aromatic nitrogens is 4. The fourth-order valence-corrected chi connectivity index (χ4v) is 3.92. The largest absolute Gasteiger partial charge is 0.497 e. The molecule has 0 fully saturated rings. The first kappa shape index (κ1) is 20.0. The third kappa shape index (κ3) is 4.47. The fourth-order valence-electron chi connectivity index (χ4n) is 2.82. The lowest BCUT2D eigenvalue weighted by atomic mass is 10.1. The number of benzene rings is 2. The van der Waals surface area contributed by atoms with Crippen LogP contribution in [0.1, 0.15) is 11.9 Å². The van der Waals surface area contributed by atoms with E-state index in [0.717, 1.165) is 21.0 Å². The maximum atomic E-state index is 11.3. The number of amides is 1. The number of nitrogens with zero attached hydrogens (tertiary/aromatic N) is 4. The normalized spacial score (nSPS) is 10.8. The first-order valence-corrected chi connectivity index (χ1v) is 10.2. The van der Waals surface area contributed by atoms with Gasteiger partial charge in [0.2, 0.25) is 11.9 Å². The Kier molecular flexibility index (Phi) is 5.73. The Morgan fingerprint density at radius 2 is 2.07 bits per heavy atom. The molecular weight excluding hydrogens is 424 g/mol. The minimum atomic E-state index is -0.167. The second-order valence-electron chi connectivity index (χ2n) is 6.34. The number of fused-ring (bicyclic) bond motifs is 1. The number of thiazole rings is 1. The van der Waals surface area contributed by atoms with Crippen molar-refractivity contribution in [2.24, 2.45) is 0 Å². The lowest BCUT2D eigenvalue weighted by molar-refractivity contribution is -0.114. The standard InChI is InChI=1S/C20H17ClN6O2S/c1-11(28)24-12-3-5-15(21)14(7-12)17-9-23-27-20(26-17)22-10-19-25-16-8-13(29-2)4-6-18(16)30-19/h3-9H,10H2,1-2H3,(H,24,28)(H,22,26,27). The molecule has 0 saturated heterocycles. The fraction of sp³-hybridized carbons (Fsp3) is 0.150. The highest BCUT2D eigenvalue weighted by Gasteiger charge is 2.11. The molecule has 0 aliphatic heterocycles. The molecule has 4 rings (SSSR count). The van der Waals surface area contributed by atoms with Gasteiger partial charge in [0.15, 0.2) is 0 Å². The summed E-state index contributed by atoms with van der Waals surface area (Å²) in [6.45, 7) is 1.90. The van der Waals surface area contributed by atoms with Gasteiger partial charge in [-0.3, -0.25) is 4.79 Å². The summed E-state index contributed by atoms with van der Waals surface area (Å²) < 4.78 is 6.31. The summed E-state index contributed by atoms with van der Waals surface area (Å²) in [7, 11) is 1.63. The molecule has 2 aromatic carbocycles. The van der Waals surface area contributed by atoms with Crippen LogP contribution in [-0.4, -0.2) is 33.2 Å². The molecule has 0 unspecified atom stereocenters. The molecule has 2 heterocycles. The van der Waals surface area contributed by atoms with E-state index in [1.54, 1.807) is 36.6 Å². The smallest absolute Gasteiger partial charge is 0.243 e. The van der Waals surface area contributed by atoms with Gasteiger partial charge in [-0.1, -0.05) is 11.6 Å². The summed E-state index contributed by atoms with van der Waals surface area (Å²) in [6, 6.07) is 11.0. The van der Waals surface area contributed by atoms with Gasteiger partial charge in [-0.05, 0) is 30.3 Å². The lowest BCUT2D eigenvalue weighted by Gasteiger charge is -2.08. The molecule has 0 aliphatic carbocycles. The van der Waals surface area contributed by atoms with Gasteiger partial charge in [-0.15, -0.1) is 16.4 Å². The van der Waals surface area contributed by atoms with Crippen LogP contribution in [0.4, 0.5) is 11.6 Å². The van der Waals surface area contributed by atoms with E-state index < -0.39 is 0 Å². The second-order valence-corrected chi connectivity index (χ2v) is 7.86.